The molecule has 0 spiro atoms. The molecule has 0 amide bonds. The van der Waals surface area contributed by atoms with Crippen molar-refractivity contribution in [1.82, 2.24) is 20.2 Å². The first kappa shape index (κ1) is 21.3. The van der Waals surface area contributed by atoms with Gasteiger partial charge in [0.1, 0.15) is 11.2 Å². The third kappa shape index (κ3) is 4.88. The Balaban J connectivity index is 1.66. The van der Waals surface area contributed by atoms with Crippen LogP contribution in [0.3, 0.4) is 0 Å². The first-order chi connectivity index (χ1) is 14.6. The summed E-state index contributed by atoms with van der Waals surface area (Å²) in [7, 11) is -3.52. The third-order valence-corrected chi connectivity index (χ3v) is 5.78. The summed E-state index contributed by atoms with van der Waals surface area (Å²) in [4.78, 5) is 11.2. The smallest absolute Gasteiger partial charge is 0.231 e. The van der Waals surface area contributed by atoms with E-state index in [1.807, 2.05) is 45.0 Å². The summed E-state index contributed by atoms with van der Waals surface area (Å²) < 4.78 is 29.8. The standard InChI is InChI=1S/C20H27N7O3S/c1-20(2,3)24-16-15-17(25-26-18(15)31(4,28)29)23-19(22-16)21-13-5-7-14(8-6-13)27-9-11-30-12-10-27/h5-8H,9-12H2,1-4H3,(H3,21,22,23,24,25,26). The highest BCUT2D eigenvalue weighted by Gasteiger charge is 2.24. The van der Waals surface area contributed by atoms with Gasteiger partial charge in [0.2, 0.25) is 5.95 Å². The summed E-state index contributed by atoms with van der Waals surface area (Å²) >= 11 is 0. The fourth-order valence-electron chi connectivity index (χ4n) is 3.37. The number of hydrogen-bond acceptors (Lipinski definition) is 9. The van der Waals surface area contributed by atoms with Gasteiger partial charge in [-0.2, -0.15) is 15.1 Å². The molecule has 3 N–H and O–H groups in total. The molecule has 1 aliphatic heterocycles. The number of hydrogen-bond donors (Lipinski definition) is 3. The first-order valence-corrected chi connectivity index (χ1v) is 11.9. The topological polar surface area (TPSA) is 125 Å². The molecule has 0 unspecified atom stereocenters. The highest BCUT2D eigenvalue weighted by molar-refractivity contribution is 7.90. The van der Waals surface area contributed by atoms with Crippen LogP contribution in [0.25, 0.3) is 11.0 Å². The van der Waals surface area contributed by atoms with Crippen molar-refractivity contribution < 1.29 is 13.2 Å². The minimum Gasteiger partial charge on any atom is -0.378 e. The molecule has 1 aliphatic rings. The molecule has 0 aliphatic carbocycles. The van der Waals surface area contributed by atoms with Crippen molar-refractivity contribution >= 4 is 44.0 Å². The molecule has 31 heavy (non-hydrogen) atoms. The Morgan fingerprint density at radius 1 is 1.10 bits per heavy atom. The molecule has 0 bridgehead atoms. The Hall–Kier alpha value is -2.92. The van der Waals surface area contributed by atoms with Crippen molar-refractivity contribution in [3.63, 3.8) is 0 Å². The number of morpholine rings is 1. The lowest BCUT2D eigenvalue weighted by Crippen LogP contribution is -2.36. The second-order valence-corrected chi connectivity index (χ2v) is 10.5. The fourth-order valence-corrected chi connectivity index (χ4v) is 4.14. The third-order valence-electron chi connectivity index (χ3n) is 4.74. The number of rotatable bonds is 5. The van der Waals surface area contributed by atoms with E-state index in [1.165, 1.54) is 0 Å². The number of aromatic amines is 1. The molecular formula is C20H27N7O3S. The molecule has 1 aromatic carbocycles. The zero-order valence-corrected chi connectivity index (χ0v) is 18.9. The highest BCUT2D eigenvalue weighted by atomic mass is 32.2. The van der Waals surface area contributed by atoms with Gasteiger partial charge in [-0.3, -0.25) is 5.10 Å². The van der Waals surface area contributed by atoms with Gasteiger partial charge in [0.25, 0.3) is 0 Å². The normalized spacial score (nSPS) is 15.3. The van der Waals surface area contributed by atoms with E-state index >= 15 is 0 Å². The molecule has 0 radical (unpaired) electrons. The fraction of sp³-hybridized carbons (Fsp3) is 0.450. The van der Waals surface area contributed by atoms with E-state index in [0.29, 0.717) is 17.2 Å². The molecular weight excluding hydrogens is 418 g/mol. The average molecular weight is 446 g/mol. The van der Waals surface area contributed by atoms with Crippen LogP contribution in [0.4, 0.5) is 23.1 Å². The lowest BCUT2D eigenvalue weighted by Gasteiger charge is -2.28. The van der Waals surface area contributed by atoms with Gasteiger partial charge in [-0.15, -0.1) is 0 Å². The minimum absolute atomic E-state index is 0.00401. The Kier molecular flexibility index (Phi) is 5.48. The second kappa shape index (κ2) is 7.97. The van der Waals surface area contributed by atoms with Gasteiger partial charge in [-0.25, -0.2) is 8.42 Å². The molecule has 1 saturated heterocycles. The molecule has 2 aromatic heterocycles. The maximum atomic E-state index is 12.2. The van der Waals surface area contributed by atoms with Crippen LogP contribution in [0.5, 0.6) is 0 Å². The molecule has 10 nitrogen and oxygen atoms in total. The Morgan fingerprint density at radius 2 is 1.77 bits per heavy atom. The summed E-state index contributed by atoms with van der Waals surface area (Å²) in [6.07, 6.45) is 1.13. The van der Waals surface area contributed by atoms with E-state index in [9.17, 15) is 8.42 Å². The number of nitrogens with zero attached hydrogens (tertiary/aromatic N) is 4. The maximum Gasteiger partial charge on any atom is 0.231 e. The first-order valence-electron chi connectivity index (χ1n) is 10.0. The molecule has 0 saturated carbocycles. The number of anilines is 4. The minimum atomic E-state index is -3.52. The summed E-state index contributed by atoms with van der Waals surface area (Å²) in [5.41, 5.74) is 1.88. The largest absolute Gasteiger partial charge is 0.378 e. The van der Waals surface area contributed by atoms with Gasteiger partial charge in [-0.1, -0.05) is 0 Å². The second-order valence-electron chi connectivity index (χ2n) is 8.57. The van der Waals surface area contributed by atoms with Crippen LogP contribution in [0.2, 0.25) is 0 Å². The van der Waals surface area contributed by atoms with Crippen molar-refractivity contribution in [2.24, 2.45) is 0 Å². The van der Waals surface area contributed by atoms with Crippen LogP contribution in [0, 0.1) is 0 Å². The van der Waals surface area contributed by atoms with Crippen molar-refractivity contribution in [1.29, 1.82) is 0 Å². The van der Waals surface area contributed by atoms with Gasteiger partial charge >= 0.3 is 0 Å². The predicted octanol–water partition coefficient (Wildman–Crippen LogP) is 2.55. The summed E-state index contributed by atoms with van der Waals surface area (Å²) in [6.45, 7) is 9.12. The van der Waals surface area contributed by atoms with E-state index in [0.717, 1.165) is 43.9 Å². The predicted molar refractivity (Wildman–Crippen MR) is 121 cm³/mol. The van der Waals surface area contributed by atoms with Gasteiger partial charge in [-0.05, 0) is 45.0 Å². The maximum absolute atomic E-state index is 12.2. The van der Waals surface area contributed by atoms with Crippen LogP contribution >= 0.6 is 0 Å². The van der Waals surface area contributed by atoms with Gasteiger partial charge < -0.3 is 20.3 Å². The molecule has 1 fully saturated rings. The summed E-state index contributed by atoms with van der Waals surface area (Å²) in [5, 5.41) is 13.5. The number of aromatic nitrogens is 4. The van der Waals surface area contributed by atoms with Gasteiger partial charge in [0.15, 0.2) is 20.5 Å². The average Bonchev–Trinajstić information content (AvgIpc) is 3.13. The van der Waals surface area contributed by atoms with Crippen LogP contribution < -0.4 is 15.5 Å². The number of nitrogens with one attached hydrogen (secondary N) is 3. The molecule has 4 rings (SSSR count). The van der Waals surface area contributed by atoms with E-state index in [1.54, 1.807) is 0 Å². The monoisotopic (exact) mass is 445 g/mol. The van der Waals surface area contributed by atoms with E-state index in [-0.39, 0.29) is 16.2 Å². The molecule has 3 aromatic rings. The zero-order valence-electron chi connectivity index (χ0n) is 18.1. The number of H-pyrrole nitrogens is 1. The van der Waals surface area contributed by atoms with Crippen molar-refractivity contribution in [2.45, 2.75) is 31.3 Å². The number of fused-ring (bicyclic) bond motifs is 1. The van der Waals surface area contributed by atoms with Crippen molar-refractivity contribution in [3.8, 4) is 0 Å². The molecule has 11 heteroatoms. The number of sulfone groups is 1. The van der Waals surface area contributed by atoms with E-state index in [2.05, 4.69) is 35.7 Å². The molecule has 166 valence electrons. The lowest BCUT2D eigenvalue weighted by atomic mass is 10.1. The van der Waals surface area contributed by atoms with E-state index < -0.39 is 9.84 Å². The Labute approximate surface area is 181 Å². The van der Waals surface area contributed by atoms with Crippen molar-refractivity contribution in [3.05, 3.63) is 24.3 Å². The van der Waals surface area contributed by atoms with Gasteiger partial charge in [0.05, 0.1) is 13.2 Å². The van der Waals surface area contributed by atoms with Crippen molar-refractivity contribution in [2.75, 3.05) is 48.1 Å². The zero-order chi connectivity index (χ0) is 22.2. The lowest BCUT2D eigenvalue weighted by molar-refractivity contribution is 0.122. The molecule has 3 heterocycles. The quantitative estimate of drug-likeness (QED) is 0.543. The Morgan fingerprint density at radius 3 is 2.39 bits per heavy atom. The number of benzene rings is 1. The van der Waals surface area contributed by atoms with Crippen LogP contribution in [0.15, 0.2) is 29.3 Å². The van der Waals surface area contributed by atoms with Crippen LogP contribution in [-0.4, -0.2) is 66.7 Å². The number of ether oxygens (including phenoxy) is 1. The van der Waals surface area contributed by atoms with Crippen LogP contribution in [0.1, 0.15) is 20.8 Å². The summed E-state index contributed by atoms with van der Waals surface area (Å²) in [6, 6.07) is 8.00. The van der Waals surface area contributed by atoms with E-state index in [4.69, 9.17) is 4.74 Å². The van der Waals surface area contributed by atoms with Crippen LogP contribution in [-0.2, 0) is 14.6 Å². The Bertz CT molecular complexity index is 1180. The SMILES string of the molecule is CC(C)(C)Nc1nc(Nc2ccc(N3CCOCC3)cc2)nc2n[nH]c(S(C)(=O)=O)c12. The highest BCUT2D eigenvalue weighted by Crippen LogP contribution is 2.30. The molecule has 0 atom stereocenters. The summed E-state index contributed by atoms with van der Waals surface area (Å²) in [5.74, 6) is 0.726. The van der Waals surface area contributed by atoms with Gasteiger partial charge in [0, 0.05) is 36.3 Å².